The minimum atomic E-state index is -0.499. The summed E-state index contributed by atoms with van der Waals surface area (Å²) in [6, 6.07) is 3.69. The van der Waals surface area contributed by atoms with E-state index in [1.807, 2.05) is 13.0 Å². The van der Waals surface area contributed by atoms with Crippen LogP contribution >= 0.6 is 0 Å². The average Bonchev–Trinajstić information content (AvgIpc) is 2.17. The van der Waals surface area contributed by atoms with Gasteiger partial charge in [0.15, 0.2) is 0 Å². The first kappa shape index (κ1) is 11.7. The first-order valence-electron chi connectivity index (χ1n) is 5.02. The predicted octanol–water partition coefficient (Wildman–Crippen LogP) is 1.02. The van der Waals surface area contributed by atoms with E-state index in [-0.39, 0.29) is 6.04 Å². The monoisotopic (exact) mass is 207 g/mol. The van der Waals surface area contributed by atoms with Crippen molar-refractivity contribution >= 4 is 5.91 Å². The van der Waals surface area contributed by atoms with E-state index >= 15 is 0 Å². The number of pyridine rings is 1. The Kier molecular flexibility index (Phi) is 3.80. The van der Waals surface area contributed by atoms with Gasteiger partial charge in [-0.3, -0.25) is 9.78 Å². The first-order chi connectivity index (χ1) is 7.00. The maximum atomic E-state index is 10.8. The van der Waals surface area contributed by atoms with Crippen molar-refractivity contribution in [3.8, 4) is 0 Å². The largest absolute Gasteiger partial charge is 0.364 e. The third-order valence-electron chi connectivity index (χ3n) is 2.33. The third-order valence-corrected chi connectivity index (χ3v) is 2.33. The average molecular weight is 207 g/mol. The molecular weight excluding hydrogens is 190 g/mol. The van der Waals surface area contributed by atoms with Crippen LogP contribution in [-0.2, 0) is 0 Å². The van der Waals surface area contributed by atoms with E-state index in [0.717, 1.165) is 12.0 Å². The summed E-state index contributed by atoms with van der Waals surface area (Å²) in [5.74, 6) is -0.152. The summed E-state index contributed by atoms with van der Waals surface area (Å²) in [5, 5.41) is 0. The molecule has 1 rings (SSSR count). The van der Waals surface area contributed by atoms with Crippen molar-refractivity contribution in [2.45, 2.75) is 32.2 Å². The van der Waals surface area contributed by atoms with Gasteiger partial charge in [-0.15, -0.1) is 0 Å². The van der Waals surface area contributed by atoms with Gasteiger partial charge in [-0.25, -0.2) is 0 Å². The molecule has 4 nitrogen and oxygen atoms in total. The summed E-state index contributed by atoms with van der Waals surface area (Å²) < 4.78 is 0. The van der Waals surface area contributed by atoms with Crippen LogP contribution in [0.3, 0.4) is 0 Å². The highest BCUT2D eigenvalue weighted by molar-refractivity contribution is 5.90. The van der Waals surface area contributed by atoms with E-state index in [9.17, 15) is 4.79 Å². The number of hydrogen-bond donors (Lipinski definition) is 2. The van der Waals surface area contributed by atoms with Crippen molar-refractivity contribution in [2.75, 3.05) is 0 Å². The van der Waals surface area contributed by atoms with Crippen molar-refractivity contribution < 1.29 is 4.79 Å². The van der Waals surface area contributed by atoms with Crippen LogP contribution in [0.2, 0.25) is 0 Å². The van der Waals surface area contributed by atoms with Crippen molar-refractivity contribution in [2.24, 2.45) is 11.5 Å². The Labute approximate surface area is 89.7 Å². The molecule has 1 heterocycles. The lowest BCUT2D eigenvalue weighted by Gasteiger charge is -2.13. The fourth-order valence-electron chi connectivity index (χ4n) is 1.54. The molecule has 4 N–H and O–H groups in total. The highest BCUT2D eigenvalue weighted by atomic mass is 16.1. The summed E-state index contributed by atoms with van der Waals surface area (Å²) in [4.78, 5) is 14.8. The predicted molar refractivity (Wildman–Crippen MR) is 59.4 cm³/mol. The van der Waals surface area contributed by atoms with E-state index < -0.39 is 5.91 Å². The summed E-state index contributed by atoms with van der Waals surface area (Å²) in [6.07, 6.45) is 2.59. The molecule has 0 saturated heterocycles. The van der Waals surface area contributed by atoms with Crippen LogP contribution in [0.1, 0.15) is 42.2 Å². The van der Waals surface area contributed by atoms with E-state index in [1.54, 1.807) is 12.3 Å². The Balaban J connectivity index is 2.75. The number of primary amides is 1. The Hall–Kier alpha value is -1.42. The van der Waals surface area contributed by atoms with Gasteiger partial charge in [-0.05, 0) is 30.9 Å². The number of nitrogens with zero attached hydrogens (tertiary/aromatic N) is 1. The lowest BCUT2D eigenvalue weighted by atomic mass is 9.96. The van der Waals surface area contributed by atoms with E-state index in [0.29, 0.717) is 11.6 Å². The molecule has 0 aliphatic carbocycles. The van der Waals surface area contributed by atoms with Crippen molar-refractivity contribution in [3.05, 3.63) is 29.6 Å². The summed E-state index contributed by atoms with van der Waals surface area (Å²) >= 11 is 0. The summed E-state index contributed by atoms with van der Waals surface area (Å²) in [5.41, 5.74) is 12.2. The van der Waals surface area contributed by atoms with Crippen LogP contribution < -0.4 is 11.5 Å². The summed E-state index contributed by atoms with van der Waals surface area (Å²) in [7, 11) is 0. The zero-order valence-electron chi connectivity index (χ0n) is 9.10. The van der Waals surface area contributed by atoms with Gasteiger partial charge in [0.2, 0.25) is 0 Å². The number of hydrogen-bond acceptors (Lipinski definition) is 3. The second-order valence-electron chi connectivity index (χ2n) is 3.96. The molecule has 0 radical (unpaired) electrons. The molecule has 1 aromatic rings. The van der Waals surface area contributed by atoms with Crippen LogP contribution in [0.25, 0.3) is 0 Å². The van der Waals surface area contributed by atoms with Crippen molar-refractivity contribution in [1.29, 1.82) is 0 Å². The molecule has 1 aromatic heterocycles. The molecule has 1 amide bonds. The smallest absolute Gasteiger partial charge is 0.267 e. The lowest BCUT2D eigenvalue weighted by Crippen LogP contribution is -2.18. The molecule has 0 saturated carbocycles. The Morgan fingerprint density at radius 2 is 2.13 bits per heavy atom. The van der Waals surface area contributed by atoms with Gasteiger partial charge in [0.25, 0.3) is 5.91 Å². The molecule has 0 fully saturated rings. The van der Waals surface area contributed by atoms with Gasteiger partial charge in [0.05, 0.1) is 0 Å². The number of aromatic nitrogens is 1. The normalized spacial score (nSPS) is 14.6. The lowest BCUT2D eigenvalue weighted by molar-refractivity contribution is 0.0995. The van der Waals surface area contributed by atoms with Crippen molar-refractivity contribution in [1.82, 2.24) is 4.98 Å². The quantitative estimate of drug-likeness (QED) is 0.773. The molecule has 4 heteroatoms. The second-order valence-corrected chi connectivity index (χ2v) is 3.96. The zero-order valence-corrected chi connectivity index (χ0v) is 9.10. The molecule has 0 aliphatic heterocycles. The van der Waals surface area contributed by atoms with Gasteiger partial charge < -0.3 is 11.5 Å². The van der Waals surface area contributed by atoms with E-state index in [1.165, 1.54) is 0 Å². The van der Waals surface area contributed by atoms with E-state index in [4.69, 9.17) is 11.5 Å². The summed E-state index contributed by atoms with van der Waals surface area (Å²) in [6.45, 7) is 4.06. The Morgan fingerprint density at radius 1 is 1.47 bits per heavy atom. The molecular formula is C11H17N3O. The van der Waals surface area contributed by atoms with Crippen molar-refractivity contribution in [3.63, 3.8) is 0 Å². The third kappa shape index (κ3) is 3.32. The van der Waals surface area contributed by atoms with Gasteiger partial charge in [-0.2, -0.15) is 0 Å². The maximum absolute atomic E-state index is 10.8. The van der Waals surface area contributed by atoms with Gasteiger partial charge in [-0.1, -0.05) is 13.0 Å². The minimum absolute atomic E-state index is 0.163. The molecule has 0 bridgehead atoms. The number of rotatable bonds is 4. The highest BCUT2D eigenvalue weighted by Crippen LogP contribution is 2.19. The Bertz CT molecular complexity index is 332. The fourth-order valence-corrected chi connectivity index (χ4v) is 1.54. The molecule has 0 aromatic carbocycles. The molecule has 0 spiro atoms. The molecule has 15 heavy (non-hydrogen) atoms. The van der Waals surface area contributed by atoms with Crippen LogP contribution in [0.4, 0.5) is 0 Å². The first-order valence-corrected chi connectivity index (χ1v) is 5.02. The van der Waals surface area contributed by atoms with Crippen LogP contribution in [-0.4, -0.2) is 16.9 Å². The molecule has 2 unspecified atom stereocenters. The maximum Gasteiger partial charge on any atom is 0.267 e. The Morgan fingerprint density at radius 3 is 2.53 bits per heavy atom. The van der Waals surface area contributed by atoms with E-state index in [2.05, 4.69) is 11.9 Å². The topological polar surface area (TPSA) is 82.0 Å². The minimum Gasteiger partial charge on any atom is -0.364 e. The van der Waals surface area contributed by atoms with Gasteiger partial charge in [0.1, 0.15) is 5.69 Å². The van der Waals surface area contributed by atoms with Gasteiger partial charge in [0, 0.05) is 12.2 Å². The number of carbonyl (C=O) groups is 1. The zero-order chi connectivity index (χ0) is 11.4. The number of nitrogens with two attached hydrogens (primary N) is 2. The van der Waals surface area contributed by atoms with Crippen LogP contribution in [0.5, 0.6) is 0 Å². The standard InChI is InChI=1S/C11H17N3O/c1-7(5-8(2)12)9-3-4-10(11(13)15)14-6-9/h3-4,6-8H,5,12H2,1-2H3,(H2,13,15). The highest BCUT2D eigenvalue weighted by Gasteiger charge is 2.09. The SMILES string of the molecule is CC(N)CC(C)c1ccc(C(N)=O)nc1. The number of amides is 1. The van der Waals surface area contributed by atoms with Crippen LogP contribution in [0.15, 0.2) is 18.3 Å². The molecule has 0 aliphatic rings. The molecule has 2 atom stereocenters. The number of carbonyl (C=O) groups excluding carboxylic acids is 1. The second kappa shape index (κ2) is 4.89. The molecule has 82 valence electrons. The van der Waals surface area contributed by atoms with Crippen LogP contribution in [0, 0.1) is 0 Å². The van der Waals surface area contributed by atoms with Gasteiger partial charge >= 0.3 is 0 Å². The fraction of sp³-hybridized carbons (Fsp3) is 0.455.